The fraction of sp³-hybridized carbons (Fsp3) is 0.583. The second-order valence-corrected chi connectivity index (χ2v) is 4.85. The van der Waals surface area contributed by atoms with Crippen molar-refractivity contribution < 1.29 is 0 Å². The van der Waals surface area contributed by atoms with E-state index < -0.39 is 0 Å². The number of nitrogens with one attached hydrogen (secondary N) is 1. The molecule has 0 aliphatic heterocycles. The van der Waals surface area contributed by atoms with E-state index in [1.807, 2.05) is 13.0 Å². The van der Waals surface area contributed by atoms with Gasteiger partial charge in [0.1, 0.15) is 4.60 Å². The molecule has 0 saturated carbocycles. The summed E-state index contributed by atoms with van der Waals surface area (Å²) in [5.41, 5.74) is 2.19. The van der Waals surface area contributed by atoms with E-state index in [2.05, 4.69) is 46.1 Å². The Balaban J connectivity index is 2.50. The van der Waals surface area contributed by atoms with Crippen LogP contribution in [0.15, 0.2) is 16.7 Å². The van der Waals surface area contributed by atoms with Gasteiger partial charge in [-0.2, -0.15) is 0 Å². The largest absolute Gasteiger partial charge is 0.383 e. The molecule has 0 fully saturated rings. The Morgan fingerprint density at radius 2 is 2.20 bits per heavy atom. The van der Waals surface area contributed by atoms with Gasteiger partial charge >= 0.3 is 0 Å². The van der Waals surface area contributed by atoms with E-state index in [1.165, 1.54) is 12.8 Å². The van der Waals surface area contributed by atoms with Gasteiger partial charge in [-0.3, -0.25) is 0 Å². The highest BCUT2D eigenvalue weighted by Gasteiger charge is 2.03. The predicted octanol–water partition coefficient (Wildman–Crippen LogP) is 4.00. The van der Waals surface area contributed by atoms with Crippen molar-refractivity contribution in [1.82, 2.24) is 4.98 Å². The zero-order valence-electron chi connectivity index (χ0n) is 9.68. The topological polar surface area (TPSA) is 24.9 Å². The Morgan fingerprint density at radius 1 is 1.47 bits per heavy atom. The van der Waals surface area contributed by atoms with Crippen LogP contribution in [0.25, 0.3) is 0 Å². The van der Waals surface area contributed by atoms with Gasteiger partial charge in [0.2, 0.25) is 0 Å². The van der Waals surface area contributed by atoms with Crippen LogP contribution in [-0.4, -0.2) is 11.5 Å². The fourth-order valence-electron chi connectivity index (χ4n) is 1.60. The summed E-state index contributed by atoms with van der Waals surface area (Å²) in [5.74, 6) is 0.720. The fourth-order valence-corrected chi connectivity index (χ4v) is 1.99. The highest BCUT2D eigenvalue weighted by molar-refractivity contribution is 9.10. The van der Waals surface area contributed by atoms with Crippen LogP contribution in [0.3, 0.4) is 0 Å². The van der Waals surface area contributed by atoms with Gasteiger partial charge in [-0.1, -0.05) is 20.3 Å². The van der Waals surface area contributed by atoms with Crippen molar-refractivity contribution in [3.8, 4) is 0 Å². The van der Waals surface area contributed by atoms with Crippen molar-refractivity contribution >= 4 is 21.6 Å². The van der Waals surface area contributed by atoms with Crippen molar-refractivity contribution in [3.63, 3.8) is 0 Å². The number of nitrogens with zero attached hydrogens (tertiary/aromatic N) is 1. The minimum atomic E-state index is 0.720. The Labute approximate surface area is 101 Å². The van der Waals surface area contributed by atoms with Crippen LogP contribution in [0.5, 0.6) is 0 Å². The van der Waals surface area contributed by atoms with Crippen LogP contribution in [0.2, 0.25) is 0 Å². The maximum Gasteiger partial charge on any atom is 0.106 e. The summed E-state index contributed by atoms with van der Waals surface area (Å²) in [5, 5.41) is 3.44. The van der Waals surface area contributed by atoms with Gasteiger partial charge in [-0.05, 0) is 47.3 Å². The van der Waals surface area contributed by atoms with Crippen LogP contribution >= 0.6 is 15.9 Å². The third kappa shape index (κ3) is 4.20. The van der Waals surface area contributed by atoms with Crippen LogP contribution in [-0.2, 0) is 0 Å². The number of aryl methyl sites for hydroxylation is 1. The quantitative estimate of drug-likeness (QED) is 0.819. The van der Waals surface area contributed by atoms with E-state index in [0.29, 0.717) is 0 Å². The Morgan fingerprint density at radius 3 is 2.80 bits per heavy atom. The summed E-state index contributed by atoms with van der Waals surface area (Å²) in [4.78, 5) is 4.35. The minimum absolute atomic E-state index is 0.720. The lowest BCUT2D eigenvalue weighted by Gasteiger charge is -2.13. The molecule has 0 radical (unpaired) electrons. The lowest BCUT2D eigenvalue weighted by Crippen LogP contribution is -2.12. The molecular formula is C12H19BrN2. The second kappa shape index (κ2) is 6.11. The zero-order chi connectivity index (χ0) is 11.3. The van der Waals surface area contributed by atoms with E-state index in [-0.39, 0.29) is 0 Å². The molecule has 0 bridgehead atoms. The lowest BCUT2D eigenvalue weighted by atomic mass is 10.1. The van der Waals surface area contributed by atoms with E-state index >= 15 is 0 Å². The molecule has 15 heavy (non-hydrogen) atoms. The molecule has 0 spiro atoms. The molecule has 0 aliphatic rings. The Hall–Kier alpha value is -0.570. The summed E-state index contributed by atoms with van der Waals surface area (Å²) in [6, 6.07) is 4.05. The summed E-state index contributed by atoms with van der Waals surface area (Å²) >= 11 is 3.36. The first kappa shape index (κ1) is 12.5. The van der Waals surface area contributed by atoms with Gasteiger partial charge in [0.25, 0.3) is 0 Å². The average molecular weight is 271 g/mol. The number of halogens is 1. The van der Waals surface area contributed by atoms with Gasteiger partial charge in [0.05, 0.1) is 11.4 Å². The molecule has 84 valence electrons. The summed E-state index contributed by atoms with van der Waals surface area (Å²) in [7, 11) is 0. The number of anilines is 1. The first-order valence-electron chi connectivity index (χ1n) is 5.50. The summed E-state index contributed by atoms with van der Waals surface area (Å²) in [6.45, 7) is 7.55. The maximum atomic E-state index is 4.35. The van der Waals surface area contributed by atoms with E-state index in [4.69, 9.17) is 0 Å². The van der Waals surface area contributed by atoms with Gasteiger partial charge in [0, 0.05) is 6.54 Å². The van der Waals surface area contributed by atoms with E-state index in [9.17, 15) is 0 Å². The van der Waals surface area contributed by atoms with Crippen LogP contribution in [0, 0.1) is 12.8 Å². The van der Waals surface area contributed by atoms with Crippen molar-refractivity contribution in [3.05, 3.63) is 22.4 Å². The zero-order valence-corrected chi connectivity index (χ0v) is 11.3. The maximum absolute atomic E-state index is 4.35. The smallest absolute Gasteiger partial charge is 0.106 e. The van der Waals surface area contributed by atoms with Gasteiger partial charge in [0.15, 0.2) is 0 Å². The molecule has 2 nitrogen and oxygen atoms in total. The number of aromatic nitrogens is 1. The second-order valence-electron chi connectivity index (χ2n) is 4.04. The van der Waals surface area contributed by atoms with Gasteiger partial charge in [-0.15, -0.1) is 0 Å². The number of hydrogen-bond donors (Lipinski definition) is 1. The normalized spacial score (nSPS) is 12.5. The first-order valence-corrected chi connectivity index (χ1v) is 6.29. The molecule has 1 atom stereocenters. The molecule has 0 aliphatic carbocycles. The summed E-state index contributed by atoms with van der Waals surface area (Å²) in [6.07, 6.45) is 2.52. The number of hydrogen-bond acceptors (Lipinski definition) is 2. The third-order valence-corrected chi connectivity index (χ3v) is 2.92. The average Bonchev–Trinajstić information content (AvgIpc) is 2.17. The Bertz CT molecular complexity index is 312. The van der Waals surface area contributed by atoms with Gasteiger partial charge < -0.3 is 5.32 Å². The molecule has 1 aromatic rings. The predicted molar refractivity (Wildman–Crippen MR) is 69.2 cm³/mol. The summed E-state index contributed by atoms with van der Waals surface area (Å²) < 4.78 is 0.896. The van der Waals surface area contributed by atoms with E-state index in [0.717, 1.165) is 28.4 Å². The molecule has 1 aromatic heterocycles. The van der Waals surface area contributed by atoms with Crippen molar-refractivity contribution in [2.75, 3.05) is 11.9 Å². The third-order valence-electron chi connectivity index (χ3n) is 2.47. The SMILES string of the molecule is CCCC(C)CNc1ccc(Br)nc1C. The molecule has 1 unspecified atom stereocenters. The van der Waals surface area contributed by atoms with Crippen molar-refractivity contribution in [2.45, 2.75) is 33.6 Å². The molecule has 1 N–H and O–H groups in total. The standard InChI is InChI=1S/C12H19BrN2/c1-4-5-9(2)8-14-11-6-7-12(13)15-10(11)3/h6-7,9,14H,4-5,8H2,1-3H3. The van der Waals surface area contributed by atoms with Crippen LogP contribution in [0.4, 0.5) is 5.69 Å². The number of rotatable bonds is 5. The highest BCUT2D eigenvalue weighted by atomic mass is 79.9. The molecule has 0 aromatic carbocycles. The van der Waals surface area contributed by atoms with Gasteiger partial charge in [-0.25, -0.2) is 4.98 Å². The highest BCUT2D eigenvalue weighted by Crippen LogP contribution is 2.17. The van der Waals surface area contributed by atoms with Crippen molar-refractivity contribution in [1.29, 1.82) is 0 Å². The molecule has 3 heteroatoms. The van der Waals surface area contributed by atoms with Crippen LogP contribution < -0.4 is 5.32 Å². The Kier molecular flexibility index (Phi) is 5.09. The minimum Gasteiger partial charge on any atom is -0.383 e. The molecule has 0 amide bonds. The van der Waals surface area contributed by atoms with Crippen molar-refractivity contribution in [2.24, 2.45) is 5.92 Å². The number of pyridine rings is 1. The van der Waals surface area contributed by atoms with Crippen LogP contribution in [0.1, 0.15) is 32.4 Å². The molecule has 1 heterocycles. The molecular weight excluding hydrogens is 252 g/mol. The molecule has 1 rings (SSSR count). The monoisotopic (exact) mass is 270 g/mol. The molecule has 0 saturated heterocycles. The van der Waals surface area contributed by atoms with E-state index in [1.54, 1.807) is 0 Å². The lowest BCUT2D eigenvalue weighted by molar-refractivity contribution is 0.550. The first-order chi connectivity index (χ1) is 7.13.